The van der Waals surface area contributed by atoms with Gasteiger partial charge in [0, 0.05) is 11.8 Å². The molecule has 2 nitrogen and oxygen atoms in total. The fourth-order valence-electron chi connectivity index (χ4n) is 1.64. The first-order valence-electron chi connectivity index (χ1n) is 5.40. The van der Waals surface area contributed by atoms with Crippen molar-refractivity contribution in [3.05, 3.63) is 66.4 Å². The van der Waals surface area contributed by atoms with Gasteiger partial charge >= 0.3 is 0 Å². The Hall–Kier alpha value is -2.40. The number of hydrogen-bond donors (Lipinski definition) is 0. The van der Waals surface area contributed by atoms with Crippen LogP contribution in [0, 0.1) is 11.3 Å². The zero-order chi connectivity index (χ0) is 12.1. The van der Waals surface area contributed by atoms with Gasteiger partial charge in [-0.1, -0.05) is 18.2 Å². The van der Waals surface area contributed by atoms with Gasteiger partial charge < -0.3 is 0 Å². The molecule has 0 bridgehead atoms. The summed E-state index contributed by atoms with van der Waals surface area (Å²) in [5.41, 5.74) is 3.80. The van der Waals surface area contributed by atoms with E-state index in [9.17, 15) is 0 Å². The second kappa shape index (κ2) is 5.09. The van der Waals surface area contributed by atoms with Crippen LogP contribution in [0.4, 0.5) is 0 Å². The summed E-state index contributed by atoms with van der Waals surface area (Å²) < 4.78 is 0. The summed E-state index contributed by atoms with van der Waals surface area (Å²) in [4.78, 5) is 4.33. The molecule has 0 aliphatic carbocycles. The highest BCUT2D eigenvalue weighted by atomic mass is 14.7. The van der Waals surface area contributed by atoms with Crippen molar-refractivity contribution < 1.29 is 0 Å². The predicted molar refractivity (Wildman–Crippen MR) is 68.3 cm³/mol. The molecule has 0 amide bonds. The van der Waals surface area contributed by atoms with Gasteiger partial charge in [0.2, 0.25) is 0 Å². The van der Waals surface area contributed by atoms with Crippen LogP contribution in [-0.4, -0.2) is 4.98 Å². The number of hydrogen-bond acceptors (Lipinski definition) is 2. The number of rotatable bonds is 3. The average molecular weight is 220 g/mol. The molecule has 1 heterocycles. The van der Waals surface area contributed by atoms with Crippen LogP contribution in [0.3, 0.4) is 0 Å². The van der Waals surface area contributed by atoms with Crippen molar-refractivity contribution in [3.63, 3.8) is 0 Å². The van der Waals surface area contributed by atoms with Crippen LogP contribution in [0.15, 0.2) is 55.3 Å². The lowest BCUT2D eigenvalue weighted by Gasteiger charge is -2.03. The fourth-order valence-corrected chi connectivity index (χ4v) is 1.64. The molecule has 0 spiro atoms. The van der Waals surface area contributed by atoms with Crippen molar-refractivity contribution in [1.29, 1.82) is 5.26 Å². The third-order valence-corrected chi connectivity index (χ3v) is 2.51. The van der Waals surface area contributed by atoms with Gasteiger partial charge in [0.1, 0.15) is 0 Å². The predicted octanol–water partition coefficient (Wildman–Crippen LogP) is 3.35. The number of nitriles is 1. The third-order valence-electron chi connectivity index (χ3n) is 2.51. The Labute approximate surface area is 101 Å². The maximum absolute atomic E-state index is 8.74. The minimum absolute atomic E-state index is 0.663. The molecule has 0 fully saturated rings. The number of allylic oxidation sites excluding steroid dienone is 1. The molecule has 0 aliphatic rings. The Balaban J connectivity index is 2.35. The second-order valence-corrected chi connectivity index (χ2v) is 3.73. The quantitative estimate of drug-likeness (QED) is 0.744. The lowest BCUT2D eigenvalue weighted by Crippen LogP contribution is -1.87. The third kappa shape index (κ3) is 2.59. The van der Waals surface area contributed by atoms with Gasteiger partial charge in [-0.25, -0.2) is 0 Å². The maximum atomic E-state index is 8.74. The second-order valence-electron chi connectivity index (χ2n) is 3.73. The molecule has 0 saturated carbocycles. The molecular formula is C15H12N2. The Morgan fingerprint density at radius 3 is 2.65 bits per heavy atom. The summed E-state index contributed by atoms with van der Waals surface area (Å²) in [5.74, 6) is 0. The van der Waals surface area contributed by atoms with Crippen molar-refractivity contribution in [1.82, 2.24) is 4.98 Å². The van der Waals surface area contributed by atoms with Gasteiger partial charge in [-0.15, -0.1) is 6.58 Å². The Bertz CT molecular complexity index is 562. The van der Waals surface area contributed by atoms with Crippen molar-refractivity contribution in [3.8, 4) is 17.3 Å². The molecule has 0 radical (unpaired) electrons. The molecule has 0 N–H and O–H groups in total. The van der Waals surface area contributed by atoms with E-state index in [-0.39, 0.29) is 0 Å². The summed E-state index contributed by atoms with van der Waals surface area (Å²) in [5, 5.41) is 8.74. The molecule has 2 heteroatoms. The summed E-state index contributed by atoms with van der Waals surface area (Å²) in [7, 11) is 0. The monoisotopic (exact) mass is 220 g/mol. The van der Waals surface area contributed by atoms with E-state index in [1.165, 1.54) is 5.56 Å². The summed E-state index contributed by atoms with van der Waals surface area (Å²) in [6.45, 7) is 3.72. The molecule has 1 aromatic heterocycles. The highest BCUT2D eigenvalue weighted by molar-refractivity contribution is 5.60. The van der Waals surface area contributed by atoms with Gasteiger partial charge in [0.05, 0.1) is 17.3 Å². The van der Waals surface area contributed by atoms with Crippen LogP contribution < -0.4 is 0 Å². The first-order valence-corrected chi connectivity index (χ1v) is 5.40. The highest BCUT2D eigenvalue weighted by Crippen LogP contribution is 2.18. The smallest absolute Gasteiger partial charge is 0.0991 e. The topological polar surface area (TPSA) is 36.7 Å². The molecule has 2 rings (SSSR count). The standard InChI is InChI=1S/C15H12N2/c1-2-3-12-8-9-17-15(10-12)14-6-4-13(11-16)5-7-14/h2,4-10H,1,3H2. The Morgan fingerprint density at radius 1 is 1.24 bits per heavy atom. The Morgan fingerprint density at radius 2 is 2.00 bits per heavy atom. The van der Waals surface area contributed by atoms with E-state index in [0.717, 1.165) is 17.7 Å². The van der Waals surface area contributed by atoms with Crippen LogP contribution in [0.1, 0.15) is 11.1 Å². The number of nitrogens with zero attached hydrogens (tertiary/aromatic N) is 2. The molecule has 0 unspecified atom stereocenters. The van der Waals surface area contributed by atoms with Crippen LogP contribution in [0.5, 0.6) is 0 Å². The lowest BCUT2D eigenvalue weighted by molar-refractivity contribution is 1.22. The van der Waals surface area contributed by atoms with E-state index in [1.807, 2.05) is 30.3 Å². The van der Waals surface area contributed by atoms with Crippen molar-refractivity contribution in [2.45, 2.75) is 6.42 Å². The van der Waals surface area contributed by atoms with Gasteiger partial charge in [-0.05, 0) is 36.2 Å². The summed E-state index contributed by atoms with van der Waals surface area (Å²) in [6, 6.07) is 13.6. The maximum Gasteiger partial charge on any atom is 0.0991 e. The normalized spacial score (nSPS) is 9.59. The largest absolute Gasteiger partial charge is 0.256 e. The molecule has 1 aromatic carbocycles. The van der Waals surface area contributed by atoms with Crippen LogP contribution in [0.2, 0.25) is 0 Å². The molecule has 2 aromatic rings. The zero-order valence-electron chi connectivity index (χ0n) is 9.43. The highest BCUT2D eigenvalue weighted by Gasteiger charge is 2.00. The van der Waals surface area contributed by atoms with Gasteiger partial charge in [-0.2, -0.15) is 5.26 Å². The first kappa shape index (κ1) is 11.1. The average Bonchev–Trinajstić information content (AvgIpc) is 2.40. The lowest BCUT2D eigenvalue weighted by atomic mass is 10.1. The molecule has 17 heavy (non-hydrogen) atoms. The van der Waals surface area contributed by atoms with Crippen molar-refractivity contribution >= 4 is 0 Å². The van der Waals surface area contributed by atoms with Crippen molar-refractivity contribution in [2.24, 2.45) is 0 Å². The van der Waals surface area contributed by atoms with Gasteiger partial charge in [-0.3, -0.25) is 4.98 Å². The molecule has 0 aliphatic heterocycles. The van der Waals surface area contributed by atoms with Gasteiger partial charge in [0.15, 0.2) is 0 Å². The molecule has 0 atom stereocenters. The molecular weight excluding hydrogens is 208 g/mol. The van der Waals surface area contributed by atoms with E-state index in [2.05, 4.69) is 17.6 Å². The van der Waals surface area contributed by atoms with Crippen LogP contribution >= 0.6 is 0 Å². The number of benzene rings is 1. The van der Waals surface area contributed by atoms with E-state index in [1.54, 1.807) is 18.3 Å². The summed E-state index contributed by atoms with van der Waals surface area (Å²) >= 11 is 0. The van der Waals surface area contributed by atoms with E-state index < -0.39 is 0 Å². The fraction of sp³-hybridized carbons (Fsp3) is 0.0667. The van der Waals surface area contributed by atoms with E-state index in [4.69, 9.17) is 5.26 Å². The zero-order valence-corrected chi connectivity index (χ0v) is 9.43. The van der Waals surface area contributed by atoms with Crippen molar-refractivity contribution in [2.75, 3.05) is 0 Å². The summed E-state index contributed by atoms with van der Waals surface area (Å²) in [6.07, 6.45) is 4.51. The Kier molecular flexibility index (Phi) is 3.32. The molecule has 82 valence electrons. The number of pyridine rings is 1. The van der Waals surface area contributed by atoms with E-state index >= 15 is 0 Å². The van der Waals surface area contributed by atoms with E-state index in [0.29, 0.717) is 5.56 Å². The van der Waals surface area contributed by atoms with Crippen LogP contribution in [0.25, 0.3) is 11.3 Å². The van der Waals surface area contributed by atoms with Crippen LogP contribution in [-0.2, 0) is 6.42 Å². The SMILES string of the molecule is C=CCc1ccnc(-c2ccc(C#N)cc2)c1. The minimum Gasteiger partial charge on any atom is -0.256 e. The first-order chi connectivity index (χ1) is 8.33. The number of aromatic nitrogens is 1. The van der Waals surface area contributed by atoms with Gasteiger partial charge in [0.25, 0.3) is 0 Å². The molecule has 0 saturated heterocycles. The minimum atomic E-state index is 0.663.